The van der Waals surface area contributed by atoms with Crippen LogP contribution in [0.1, 0.15) is 13.8 Å². The molecule has 0 aliphatic carbocycles. The van der Waals surface area contributed by atoms with Crippen molar-refractivity contribution in [2.75, 3.05) is 6.61 Å². The molecule has 2 aromatic carbocycles. The minimum absolute atomic E-state index is 0.0309. The second kappa shape index (κ2) is 9.78. The van der Waals surface area contributed by atoms with Gasteiger partial charge in [-0.15, -0.1) is 10.2 Å². The van der Waals surface area contributed by atoms with Gasteiger partial charge in [-0.1, -0.05) is 34.5 Å². The van der Waals surface area contributed by atoms with Crippen molar-refractivity contribution >= 4 is 34.5 Å². The van der Waals surface area contributed by atoms with Crippen LogP contribution >= 0.6 is 34.5 Å². The molecule has 1 atom stereocenters. The quantitative estimate of drug-likeness (QED) is 0.374. The summed E-state index contributed by atoms with van der Waals surface area (Å²) in [6, 6.07) is 4.99. The van der Waals surface area contributed by atoms with E-state index >= 15 is 0 Å². The third-order valence-electron chi connectivity index (χ3n) is 4.06. The van der Waals surface area contributed by atoms with Crippen molar-refractivity contribution in [3.05, 3.63) is 46.2 Å². The van der Waals surface area contributed by atoms with E-state index in [-0.39, 0.29) is 16.7 Å². The molecule has 1 aromatic heterocycles. The lowest BCUT2D eigenvalue weighted by Gasteiger charge is -2.16. The number of aromatic nitrogens is 2. The molecule has 0 aliphatic rings. The molecule has 0 spiro atoms. The van der Waals surface area contributed by atoms with E-state index in [0.717, 1.165) is 23.5 Å². The second-order valence-electron chi connectivity index (χ2n) is 6.95. The van der Waals surface area contributed by atoms with E-state index in [0.29, 0.717) is 26.4 Å². The van der Waals surface area contributed by atoms with Crippen LogP contribution in [0.2, 0.25) is 10.0 Å². The highest BCUT2D eigenvalue weighted by Crippen LogP contribution is 2.38. The maximum atomic E-state index is 14.4. The van der Waals surface area contributed by atoms with Gasteiger partial charge in [0.05, 0.1) is 16.1 Å². The lowest BCUT2D eigenvalue weighted by atomic mass is 10.2. The smallest absolute Gasteiger partial charge is 0.406 e. The van der Waals surface area contributed by atoms with Crippen LogP contribution in [0.15, 0.2) is 30.3 Å². The Kier molecular flexibility index (Phi) is 7.49. The molecular formula is C20H17Cl2F4N3O2S. The first kappa shape index (κ1) is 24.5. The highest BCUT2D eigenvalue weighted by atomic mass is 35.5. The highest BCUT2D eigenvalue weighted by Gasteiger charge is 2.37. The zero-order valence-corrected chi connectivity index (χ0v) is 19.0. The fraction of sp³-hybridized carbons (Fsp3) is 0.300. The molecule has 0 fully saturated rings. The number of ether oxygens (including phenoxy) is 2. The summed E-state index contributed by atoms with van der Waals surface area (Å²) in [5, 5.41) is 9.37. The summed E-state index contributed by atoms with van der Waals surface area (Å²) in [6.07, 6.45) is -4.70. The van der Waals surface area contributed by atoms with E-state index in [1.807, 2.05) is 13.8 Å². The Morgan fingerprint density at radius 3 is 2.34 bits per heavy atom. The summed E-state index contributed by atoms with van der Waals surface area (Å²) < 4.78 is 62.4. The Balaban J connectivity index is 1.81. The normalized spacial score (nSPS) is 12.8. The third-order valence-corrected chi connectivity index (χ3v) is 5.67. The summed E-state index contributed by atoms with van der Waals surface area (Å²) in [6.45, 7) is 2.81. The van der Waals surface area contributed by atoms with Crippen LogP contribution in [0.5, 0.6) is 11.5 Å². The first-order valence-corrected chi connectivity index (χ1v) is 10.8. The van der Waals surface area contributed by atoms with Crippen molar-refractivity contribution < 1.29 is 27.0 Å². The van der Waals surface area contributed by atoms with Gasteiger partial charge in [0.1, 0.15) is 28.4 Å². The lowest BCUT2D eigenvalue weighted by molar-refractivity contribution is -0.153. The van der Waals surface area contributed by atoms with Gasteiger partial charge >= 0.3 is 6.18 Å². The van der Waals surface area contributed by atoms with Gasteiger partial charge in [0.15, 0.2) is 11.6 Å². The molecule has 12 heteroatoms. The molecule has 3 rings (SSSR count). The number of benzene rings is 2. The molecule has 172 valence electrons. The number of nitrogens with two attached hydrogens (primary N) is 1. The predicted molar refractivity (Wildman–Crippen MR) is 116 cm³/mol. The zero-order chi connectivity index (χ0) is 23.6. The van der Waals surface area contributed by atoms with E-state index in [1.165, 1.54) is 0 Å². The second-order valence-corrected chi connectivity index (χ2v) is 8.74. The van der Waals surface area contributed by atoms with Crippen LogP contribution in [-0.4, -0.2) is 35.1 Å². The number of hydrogen-bond donors (Lipinski definition) is 1. The Hall–Kier alpha value is -2.14. The third kappa shape index (κ3) is 5.80. The van der Waals surface area contributed by atoms with Gasteiger partial charge in [-0.3, -0.25) is 0 Å². The highest BCUT2D eigenvalue weighted by molar-refractivity contribution is 7.18. The largest absolute Gasteiger partial charge is 0.489 e. The Labute approximate surface area is 195 Å². The minimum atomic E-state index is -4.66. The van der Waals surface area contributed by atoms with Crippen LogP contribution < -0.4 is 15.2 Å². The first-order valence-electron chi connectivity index (χ1n) is 9.20. The monoisotopic (exact) mass is 509 g/mol. The van der Waals surface area contributed by atoms with Crippen molar-refractivity contribution in [1.29, 1.82) is 0 Å². The molecule has 0 saturated carbocycles. The van der Waals surface area contributed by atoms with Crippen LogP contribution in [0, 0.1) is 5.82 Å². The molecular weight excluding hydrogens is 493 g/mol. The summed E-state index contributed by atoms with van der Waals surface area (Å²) in [5.74, 6) is -0.828. The summed E-state index contributed by atoms with van der Waals surface area (Å²) in [5.41, 5.74) is 5.86. The van der Waals surface area contributed by atoms with Gasteiger partial charge in [-0.25, -0.2) is 4.39 Å². The maximum absolute atomic E-state index is 14.4. The summed E-state index contributed by atoms with van der Waals surface area (Å²) >= 11 is 13.6. The number of halogens is 6. The molecule has 0 saturated heterocycles. The van der Waals surface area contributed by atoms with Gasteiger partial charge in [0.2, 0.25) is 0 Å². The lowest BCUT2D eigenvalue weighted by Crippen LogP contribution is -2.42. The molecule has 1 unspecified atom stereocenters. The Morgan fingerprint density at radius 2 is 1.72 bits per heavy atom. The van der Waals surface area contributed by atoms with E-state index in [1.54, 1.807) is 18.2 Å². The maximum Gasteiger partial charge on any atom is 0.406 e. The molecule has 32 heavy (non-hydrogen) atoms. The van der Waals surface area contributed by atoms with Gasteiger partial charge in [0, 0.05) is 17.2 Å². The minimum Gasteiger partial charge on any atom is -0.489 e. The molecule has 0 amide bonds. The van der Waals surface area contributed by atoms with Gasteiger partial charge < -0.3 is 15.2 Å². The molecule has 1 heterocycles. The van der Waals surface area contributed by atoms with Crippen LogP contribution in [-0.2, 0) is 0 Å². The molecule has 2 N–H and O–H groups in total. The molecule has 0 aliphatic heterocycles. The fourth-order valence-corrected chi connectivity index (χ4v) is 3.90. The Bertz CT molecular complexity index is 1110. The number of rotatable bonds is 7. The van der Waals surface area contributed by atoms with E-state index in [2.05, 4.69) is 10.2 Å². The Morgan fingerprint density at radius 1 is 1.03 bits per heavy atom. The summed E-state index contributed by atoms with van der Waals surface area (Å²) in [7, 11) is 0. The number of alkyl halides is 3. The van der Waals surface area contributed by atoms with Crippen LogP contribution in [0.4, 0.5) is 17.6 Å². The summed E-state index contributed by atoms with van der Waals surface area (Å²) in [4.78, 5) is 0. The van der Waals surface area contributed by atoms with Crippen LogP contribution in [0.3, 0.4) is 0 Å². The van der Waals surface area contributed by atoms with Gasteiger partial charge in [-0.05, 0) is 38.1 Å². The predicted octanol–water partition coefficient (Wildman–Crippen LogP) is 6.37. The molecule has 5 nitrogen and oxygen atoms in total. The first-order chi connectivity index (χ1) is 15.0. The van der Waals surface area contributed by atoms with Gasteiger partial charge in [-0.2, -0.15) is 13.2 Å². The van der Waals surface area contributed by atoms with E-state index < -0.39 is 30.4 Å². The molecule has 0 radical (unpaired) electrons. The van der Waals surface area contributed by atoms with Crippen molar-refractivity contribution in [3.63, 3.8) is 0 Å². The van der Waals surface area contributed by atoms with Gasteiger partial charge in [0.25, 0.3) is 0 Å². The molecule has 0 bridgehead atoms. The fourth-order valence-electron chi connectivity index (χ4n) is 2.51. The van der Waals surface area contributed by atoms with E-state index in [9.17, 15) is 17.6 Å². The SMILES string of the molecule is CC(C)Oc1ccc(-c2nnc(-c3cc(F)c(OCC(N)C(F)(F)F)cc3Cl)s2)cc1Cl. The average molecular weight is 510 g/mol. The standard InChI is InChI=1S/C20H17Cl2F4N3O2S/c1-9(2)31-15-4-3-10(5-13(15)22)18-28-29-19(32-18)11-6-14(23)16(7-12(11)21)30-8-17(27)20(24,25)26/h3-7,9,17H,8,27H2,1-2H3. The van der Waals surface area contributed by atoms with Crippen molar-refractivity contribution in [2.24, 2.45) is 5.73 Å². The topological polar surface area (TPSA) is 70.3 Å². The number of nitrogens with zero attached hydrogens (tertiary/aromatic N) is 2. The van der Waals surface area contributed by atoms with E-state index in [4.69, 9.17) is 38.4 Å². The average Bonchev–Trinajstić information content (AvgIpc) is 3.18. The zero-order valence-electron chi connectivity index (χ0n) is 16.7. The van der Waals surface area contributed by atoms with Crippen molar-refractivity contribution in [3.8, 4) is 32.6 Å². The number of hydrogen-bond acceptors (Lipinski definition) is 6. The van der Waals surface area contributed by atoms with Crippen LogP contribution in [0.25, 0.3) is 21.1 Å². The molecule has 3 aromatic rings. The van der Waals surface area contributed by atoms with Crippen molar-refractivity contribution in [2.45, 2.75) is 32.2 Å². The van der Waals surface area contributed by atoms with Crippen molar-refractivity contribution in [1.82, 2.24) is 10.2 Å².